The smallest absolute Gasteiger partial charge is 0.410 e. The van der Waals surface area contributed by atoms with Crippen molar-refractivity contribution in [3.8, 4) is 5.88 Å². The number of hydrogen-bond donors (Lipinski definition) is 1. The molecule has 0 radical (unpaired) electrons. The molecule has 0 saturated carbocycles. The van der Waals surface area contributed by atoms with E-state index >= 15 is 0 Å². The first kappa shape index (κ1) is 17.1. The van der Waals surface area contributed by atoms with Gasteiger partial charge in [-0.2, -0.15) is 0 Å². The van der Waals surface area contributed by atoms with Crippen molar-refractivity contribution in [2.45, 2.75) is 32.3 Å². The Hall–Kier alpha value is -2.31. The van der Waals surface area contributed by atoms with E-state index in [-0.39, 0.29) is 12.5 Å². The van der Waals surface area contributed by atoms with Crippen LogP contribution in [-0.2, 0) is 9.53 Å². The van der Waals surface area contributed by atoms with E-state index in [1.54, 1.807) is 39.1 Å². The van der Waals surface area contributed by atoms with Crippen LogP contribution in [0.4, 0.5) is 4.79 Å². The summed E-state index contributed by atoms with van der Waals surface area (Å²) >= 11 is 0. The number of hydrogen-bond acceptors (Lipinski definition) is 5. The molecule has 1 saturated heterocycles. The molecule has 1 amide bonds. The van der Waals surface area contributed by atoms with E-state index < -0.39 is 23.6 Å². The van der Waals surface area contributed by atoms with Crippen LogP contribution in [0.3, 0.4) is 0 Å². The first-order chi connectivity index (χ1) is 10.7. The minimum atomic E-state index is -0.933. The molecule has 2 heterocycles. The van der Waals surface area contributed by atoms with Crippen molar-refractivity contribution in [3.05, 3.63) is 23.9 Å². The molecule has 0 aliphatic carbocycles. The van der Waals surface area contributed by atoms with Crippen LogP contribution >= 0.6 is 0 Å². The molecule has 126 valence electrons. The zero-order valence-electron chi connectivity index (χ0n) is 13.8. The first-order valence-electron chi connectivity index (χ1n) is 7.42. The topological polar surface area (TPSA) is 89.0 Å². The summed E-state index contributed by atoms with van der Waals surface area (Å²) in [6.07, 6.45) is 1.10. The average molecular weight is 322 g/mol. The molecular weight excluding hydrogens is 300 g/mol. The van der Waals surface area contributed by atoms with Gasteiger partial charge in [-0.15, -0.1) is 0 Å². The number of ether oxygens (including phenoxy) is 2. The Bertz CT molecular complexity index is 579. The Morgan fingerprint density at radius 3 is 2.48 bits per heavy atom. The molecule has 1 aliphatic rings. The highest BCUT2D eigenvalue weighted by Crippen LogP contribution is 2.33. The number of amides is 1. The number of pyridine rings is 1. The van der Waals surface area contributed by atoms with Gasteiger partial charge in [-0.05, 0) is 26.3 Å². The molecule has 0 spiro atoms. The second-order valence-corrected chi connectivity index (χ2v) is 6.57. The summed E-state index contributed by atoms with van der Waals surface area (Å²) < 4.78 is 10.3. The number of aromatic nitrogens is 1. The molecule has 1 fully saturated rings. The van der Waals surface area contributed by atoms with Crippen LogP contribution in [0.2, 0.25) is 0 Å². The maximum absolute atomic E-state index is 12.2. The molecule has 23 heavy (non-hydrogen) atoms. The summed E-state index contributed by atoms with van der Waals surface area (Å²) in [5.41, 5.74) is 0.152. The standard InChI is InChI=1S/C16H22N2O5/c1-16(2,3)23-15(21)18-8-11(12(9-18)14(19)20)10-5-6-13(22-4)17-7-10/h5-7,11-12H,8-9H2,1-4H3,(H,19,20)/t11-,12+/m1/s1. The van der Waals surface area contributed by atoms with Crippen LogP contribution < -0.4 is 4.74 Å². The van der Waals surface area contributed by atoms with Crippen LogP contribution in [0.25, 0.3) is 0 Å². The van der Waals surface area contributed by atoms with Crippen molar-refractivity contribution in [2.24, 2.45) is 5.92 Å². The summed E-state index contributed by atoms with van der Waals surface area (Å²) in [6.45, 7) is 5.75. The van der Waals surface area contributed by atoms with E-state index in [0.29, 0.717) is 12.4 Å². The maximum atomic E-state index is 12.2. The lowest BCUT2D eigenvalue weighted by Gasteiger charge is -2.24. The van der Waals surface area contributed by atoms with E-state index in [0.717, 1.165) is 5.56 Å². The molecule has 1 aliphatic heterocycles. The molecule has 0 bridgehead atoms. The van der Waals surface area contributed by atoms with Crippen molar-refractivity contribution in [3.63, 3.8) is 0 Å². The maximum Gasteiger partial charge on any atom is 0.410 e. The Morgan fingerprint density at radius 2 is 2.00 bits per heavy atom. The summed E-state index contributed by atoms with van der Waals surface area (Å²) in [5, 5.41) is 9.45. The Morgan fingerprint density at radius 1 is 1.30 bits per heavy atom. The van der Waals surface area contributed by atoms with Crippen molar-refractivity contribution in [2.75, 3.05) is 20.2 Å². The van der Waals surface area contributed by atoms with E-state index in [9.17, 15) is 14.7 Å². The molecule has 1 aromatic rings. The van der Waals surface area contributed by atoms with Crippen LogP contribution in [0.1, 0.15) is 32.3 Å². The predicted molar refractivity (Wildman–Crippen MR) is 82.5 cm³/mol. The van der Waals surface area contributed by atoms with Gasteiger partial charge in [0.15, 0.2) is 0 Å². The molecule has 2 atom stereocenters. The van der Waals surface area contributed by atoms with E-state index in [4.69, 9.17) is 9.47 Å². The zero-order valence-corrected chi connectivity index (χ0v) is 13.8. The fourth-order valence-corrected chi connectivity index (χ4v) is 2.60. The molecule has 2 rings (SSSR count). The third-order valence-corrected chi connectivity index (χ3v) is 3.69. The molecule has 7 heteroatoms. The van der Waals surface area contributed by atoms with Gasteiger partial charge in [0.2, 0.25) is 5.88 Å². The monoisotopic (exact) mass is 322 g/mol. The molecule has 0 unspecified atom stereocenters. The second-order valence-electron chi connectivity index (χ2n) is 6.57. The third kappa shape index (κ3) is 4.12. The Kier molecular flexibility index (Phi) is 4.77. The van der Waals surface area contributed by atoms with E-state index in [2.05, 4.69) is 4.98 Å². The van der Waals surface area contributed by atoms with Crippen LogP contribution in [0.5, 0.6) is 5.88 Å². The van der Waals surface area contributed by atoms with Gasteiger partial charge in [0, 0.05) is 31.3 Å². The number of aliphatic carboxylic acids is 1. The third-order valence-electron chi connectivity index (χ3n) is 3.69. The fourth-order valence-electron chi connectivity index (χ4n) is 2.60. The van der Waals surface area contributed by atoms with Gasteiger partial charge in [0.05, 0.1) is 13.0 Å². The lowest BCUT2D eigenvalue weighted by Crippen LogP contribution is -2.35. The molecule has 1 aromatic heterocycles. The molecule has 7 nitrogen and oxygen atoms in total. The first-order valence-corrected chi connectivity index (χ1v) is 7.42. The highest BCUT2D eigenvalue weighted by atomic mass is 16.6. The fraction of sp³-hybridized carbons (Fsp3) is 0.562. The van der Waals surface area contributed by atoms with Crippen molar-refractivity contribution >= 4 is 12.1 Å². The van der Waals surface area contributed by atoms with Gasteiger partial charge in [0.25, 0.3) is 0 Å². The van der Waals surface area contributed by atoms with Gasteiger partial charge < -0.3 is 19.5 Å². The van der Waals surface area contributed by atoms with Gasteiger partial charge in [0.1, 0.15) is 5.60 Å². The van der Waals surface area contributed by atoms with Crippen LogP contribution in [0.15, 0.2) is 18.3 Å². The van der Waals surface area contributed by atoms with Crippen LogP contribution in [-0.4, -0.2) is 52.9 Å². The van der Waals surface area contributed by atoms with E-state index in [1.165, 1.54) is 12.0 Å². The SMILES string of the molecule is COc1ccc([C@H]2CN(C(=O)OC(C)(C)C)C[C@@H]2C(=O)O)cn1. The second kappa shape index (κ2) is 6.44. The highest BCUT2D eigenvalue weighted by molar-refractivity contribution is 5.75. The Labute approximate surface area is 135 Å². The number of carbonyl (C=O) groups is 2. The predicted octanol–water partition coefficient (Wildman–Crippen LogP) is 2.13. The lowest BCUT2D eigenvalue weighted by molar-refractivity contribution is -0.141. The van der Waals surface area contributed by atoms with E-state index in [1.807, 2.05) is 0 Å². The number of methoxy groups -OCH3 is 1. The largest absolute Gasteiger partial charge is 0.481 e. The Balaban J connectivity index is 2.17. The van der Waals surface area contributed by atoms with Crippen molar-refractivity contribution < 1.29 is 24.2 Å². The number of carbonyl (C=O) groups excluding carboxylic acids is 1. The number of rotatable bonds is 3. The van der Waals surface area contributed by atoms with Gasteiger partial charge >= 0.3 is 12.1 Å². The zero-order chi connectivity index (χ0) is 17.2. The quantitative estimate of drug-likeness (QED) is 0.917. The normalized spacial score (nSPS) is 21.1. The summed E-state index contributed by atoms with van der Waals surface area (Å²) in [7, 11) is 1.52. The van der Waals surface area contributed by atoms with Crippen molar-refractivity contribution in [1.82, 2.24) is 9.88 Å². The highest BCUT2D eigenvalue weighted by Gasteiger charge is 2.41. The average Bonchev–Trinajstić information content (AvgIpc) is 2.91. The lowest BCUT2D eigenvalue weighted by atomic mass is 9.90. The number of carboxylic acid groups (broad SMARTS) is 1. The minimum Gasteiger partial charge on any atom is -0.481 e. The van der Waals surface area contributed by atoms with Crippen LogP contribution in [0, 0.1) is 5.92 Å². The number of likely N-dealkylation sites (tertiary alicyclic amines) is 1. The van der Waals surface area contributed by atoms with Gasteiger partial charge in [-0.3, -0.25) is 4.79 Å². The van der Waals surface area contributed by atoms with Gasteiger partial charge in [-0.25, -0.2) is 9.78 Å². The number of nitrogens with zero attached hydrogens (tertiary/aromatic N) is 2. The molecule has 0 aromatic carbocycles. The van der Waals surface area contributed by atoms with Crippen molar-refractivity contribution in [1.29, 1.82) is 0 Å². The summed E-state index contributed by atoms with van der Waals surface area (Å²) in [5.74, 6) is -1.48. The van der Waals surface area contributed by atoms with Gasteiger partial charge in [-0.1, -0.05) is 6.07 Å². The molecular formula is C16H22N2O5. The molecule has 1 N–H and O–H groups in total. The number of carboxylic acids is 1. The summed E-state index contributed by atoms with van der Waals surface area (Å²) in [4.78, 5) is 29.3. The minimum absolute atomic E-state index is 0.126. The summed E-state index contributed by atoms with van der Waals surface area (Å²) in [6, 6.07) is 3.47.